The Labute approximate surface area is 143 Å². The molecule has 0 saturated carbocycles. The minimum absolute atomic E-state index is 0.152. The first-order valence-corrected chi connectivity index (χ1v) is 8.45. The Hall–Kier alpha value is -0.230. The molecule has 0 fully saturated rings. The molecule has 0 aliphatic rings. The van der Waals surface area contributed by atoms with Gasteiger partial charge in [0.25, 0.3) is 0 Å². The second-order valence-electron chi connectivity index (χ2n) is 4.46. The third kappa shape index (κ3) is 3.91. The fourth-order valence-corrected chi connectivity index (χ4v) is 3.38. The van der Waals surface area contributed by atoms with E-state index in [2.05, 4.69) is 59.2 Å². The monoisotopic (exact) mass is 463 g/mol. The van der Waals surface area contributed by atoms with Crippen molar-refractivity contribution in [1.29, 1.82) is 0 Å². The first-order chi connectivity index (χ1) is 9.51. The molecule has 20 heavy (non-hydrogen) atoms. The molecule has 0 bridgehead atoms. The Balaban J connectivity index is 2.28. The molecule has 0 aromatic heterocycles. The quantitative estimate of drug-likeness (QED) is 0.618. The molecule has 2 rings (SSSR count). The largest absolute Gasteiger partial charge is 0.313 e. The molecule has 0 saturated heterocycles. The zero-order valence-electron chi connectivity index (χ0n) is 10.8. The molecule has 1 atom stereocenters. The van der Waals surface area contributed by atoms with E-state index in [1.807, 2.05) is 31.3 Å². The summed E-state index contributed by atoms with van der Waals surface area (Å²) >= 11 is 10.3. The molecule has 2 aromatic carbocycles. The van der Waals surface area contributed by atoms with Crippen molar-refractivity contribution >= 4 is 47.8 Å². The number of benzene rings is 2. The Morgan fingerprint density at radius 3 is 2.45 bits per heavy atom. The Kier molecular flexibility index (Phi) is 5.78. The molecule has 1 nitrogen and oxygen atoms in total. The number of rotatable bonds is 4. The van der Waals surface area contributed by atoms with Gasteiger partial charge in [0, 0.05) is 15.0 Å². The zero-order chi connectivity index (χ0) is 14.7. The van der Waals surface area contributed by atoms with Crippen LogP contribution in [-0.4, -0.2) is 7.05 Å². The highest BCUT2D eigenvalue weighted by Crippen LogP contribution is 2.29. The van der Waals surface area contributed by atoms with Crippen LogP contribution in [0.2, 0.25) is 0 Å². The lowest BCUT2D eigenvalue weighted by atomic mass is 9.99. The number of hydrogen-bond acceptors (Lipinski definition) is 1. The Bertz CT molecular complexity index is 616. The van der Waals surface area contributed by atoms with Crippen LogP contribution in [-0.2, 0) is 6.42 Å². The van der Waals surface area contributed by atoms with Crippen molar-refractivity contribution in [3.63, 3.8) is 0 Å². The van der Waals surface area contributed by atoms with Crippen molar-refractivity contribution in [3.8, 4) is 0 Å². The molecule has 0 aliphatic heterocycles. The minimum atomic E-state index is -0.238. The first kappa shape index (κ1) is 16.1. The molecular formula is C15H13Br3FN. The summed E-state index contributed by atoms with van der Waals surface area (Å²) in [6.07, 6.45) is 0.782. The maximum atomic E-state index is 13.3. The highest BCUT2D eigenvalue weighted by Gasteiger charge is 2.14. The summed E-state index contributed by atoms with van der Waals surface area (Å²) in [6, 6.07) is 11.4. The van der Waals surface area contributed by atoms with Crippen LogP contribution in [0.5, 0.6) is 0 Å². The molecule has 0 aliphatic carbocycles. The summed E-state index contributed by atoms with van der Waals surface area (Å²) in [6.45, 7) is 0. The van der Waals surface area contributed by atoms with Gasteiger partial charge in [0.1, 0.15) is 5.82 Å². The smallest absolute Gasteiger partial charge is 0.137 e. The van der Waals surface area contributed by atoms with Crippen LogP contribution in [0.4, 0.5) is 4.39 Å². The van der Waals surface area contributed by atoms with Crippen LogP contribution in [0.1, 0.15) is 17.2 Å². The SMILES string of the molecule is CNC(Cc1ccc(F)c(Br)c1)c1cc(Br)ccc1Br. The molecule has 106 valence electrons. The summed E-state index contributed by atoms with van der Waals surface area (Å²) < 4.78 is 15.9. The van der Waals surface area contributed by atoms with Crippen LogP contribution >= 0.6 is 47.8 Å². The summed E-state index contributed by atoms with van der Waals surface area (Å²) in [4.78, 5) is 0. The van der Waals surface area contributed by atoms with Crippen LogP contribution < -0.4 is 5.32 Å². The van der Waals surface area contributed by atoms with Gasteiger partial charge in [0.05, 0.1) is 4.47 Å². The maximum Gasteiger partial charge on any atom is 0.137 e. The van der Waals surface area contributed by atoms with E-state index < -0.39 is 0 Å². The van der Waals surface area contributed by atoms with Crippen LogP contribution in [0, 0.1) is 5.82 Å². The predicted molar refractivity (Wildman–Crippen MR) is 91.4 cm³/mol. The second-order valence-corrected chi connectivity index (χ2v) is 7.08. The number of likely N-dealkylation sites (N-methyl/N-ethyl adjacent to an activating group) is 1. The molecular weight excluding hydrogens is 453 g/mol. The Morgan fingerprint density at radius 1 is 1.05 bits per heavy atom. The molecule has 5 heteroatoms. The number of hydrogen-bond donors (Lipinski definition) is 1. The van der Waals surface area contributed by atoms with E-state index in [0.717, 1.165) is 20.9 Å². The third-order valence-electron chi connectivity index (χ3n) is 3.11. The van der Waals surface area contributed by atoms with Gasteiger partial charge < -0.3 is 5.32 Å². The van der Waals surface area contributed by atoms with Crippen molar-refractivity contribution in [2.24, 2.45) is 0 Å². The van der Waals surface area contributed by atoms with Gasteiger partial charge in [-0.05, 0) is 70.9 Å². The fourth-order valence-electron chi connectivity index (χ4n) is 2.05. The standard InChI is InChI=1S/C15H13Br3FN/c1-20-15(11-8-10(16)3-4-12(11)17)7-9-2-5-14(19)13(18)6-9/h2-6,8,15,20H,7H2,1H3. The van der Waals surface area contributed by atoms with Crippen molar-refractivity contribution in [2.75, 3.05) is 7.05 Å². The Morgan fingerprint density at radius 2 is 1.80 bits per heavy atom. The van der Waals surface area contributed by atoms with E-state index in [-0.39, 0.29) is 11.9 Å². The first-order valence-electron chi connectivity index (χ1n) is 6.07. The second kappa shape index (κ2) is 7.16. The van der Waals surface area contributed by atoms with Crippen LogP contribution in [0.15, 0.2) is 49.8 Å². The third-order valence-corrected chi connectivity index (χ3v) is 4.93. The van der Waals surface area contributed by atoms with Gasteiger partial charge in [0.15, 0.2) is 0 Å². The molecule has 0 radical (unpaired) electrons. The van der Waals surface area contributed by atoms with Gasteiger partial charge in [-0.15, -0.1) is 0 Å². The zero-order valence-corrected chi connectivity index (χ0v) is 15.5. The van der Waals surface area contributed by atoms with Gasteiger partial charge in [0.2, 0.25) is 0 Å². The van der Waals surface area contributed by atoms with E-state index in [1.165, 1.54) is 11.6 Å². The van der Waals surface area contributed by atoms with Crippen molar-refractivity contribution < 1.29 is 4.39 Å². The summed E-state index contributed by atoms with van der Waals surface area (Å²) in [5.74, 6) is -0.238. The lowest BCUT2D eigenvalue weighted by molar-refractivity contribution is 0.585. The molecule has 0 heterocycles. The average Bonchev–Trinajstić information content (AvgIpc) is 2.43. The summed E-state index contributed by atoms with van der Waals surface area (Å²) in [5.41, 5.74) is 2.24. The lowest BCUT2D eigenvalue weighted by Gasteiger charge is -2.19. The van der Waals surface area contributed by atoms with Gasteiger partial charge in [-0.1, -0.05) is 37.9 Å². The normalized spacial score (nSPS) is 12.4. The highest BCUT2D eigenvalue weighted by molar-refractivity contribution is 9.11. The van der Waals surface area contributed by atoms with Crippen molar-refractivity contribution in [3.05, 3.63) is 66.8 Å². The maximum absolute atomic E-state index is 13.3. The van der Waals surface area contributed by atoms with E-state index in [0.29, 0.717) is 4.47 Å². The predicted octanol–water partition coefficient (Wildman–Crippen LogP) is 5.62. The van der Waals surface area contributed by atoms with E-state index in [1.54, 1.807) is 0 Å². The summed E-state index contributed by atoms with van der Waals surface area (Å²) in [5, 5.41) is 3.31. The van der Waals surface area contributed by atoms with Gasteiger partial charge >= 0.3 is 0 Å². The topological polar surface area (TPSA) is 12.0 Å². The van der Waals surface area contributed by atoms with E-state index in [9.17, 15) is 4.39 Å². The number of halogens is 4. The van der Waals surface area contributed by atoms with Gasteiger partial charge in [-0.2, -0.15) is 0 Å². The molecule has 0 amide bonds. The van der Waals surface area contributed by atoms with Crippen LogP contribution in [0.25, 0.3) is 0 Å². The van der Waals surface area contributed by atoms with E-state index >= 15 is 0 Å². The molecule has 1 N–H and O–H groups in total. The molecule has 0 spiro atoms. The lowest BCUT2D eigenvalue weighted by Crippen LogP contribution is -2.19. The van der Waals surface area contributed by atoms with E-state index in [4.69, 9.17) is 0 Å². The van der Waals surface area contributed by atoms with Gasteiger partial charge in [-0.3, -0.25) is 0 Å². The van der Waals surface area contributed by atoms with Crippen molar-refractivity contribution in [1.82, 2.24) is 5.32 Å². The number of nitrogens with one attached hydrogen (secondary N) is 1. The average molecular weight is 466 g/mol. The minimum Gasteiger partial charge on any atom is -0.313 e. The molecule has 2 aromatic rings. The highest BCUT2D eigenvalue weighted by atomic mass is 79.9. The molecule has 1 unspecified atom stereocenters. The fraction of sp³-hybridized carbons (Fsp3) is 0.200. The summed E-state index contributed by atoms with van der Waals surface area (Å²) in [7, 11) is 1.93. The van der Waals surface area contributed by atoms with Crippen LogP contribution in [0.3, 0.4) is 0 Å². The van der Waals surface area contributed by atoms with Gasteiger partial charge in [-0.25, -0.2) is 4.39 Å². The van der Waals surface area contributed by atoms with Crippen molar-refractivity contribution in [2.45, 2.75) is 12.5 Å².